The molecule has 3 rings (SSSR count). The number of ether oxygens (including phenoxy) is 1. The number of esters is 1. The first kappa shape index (κ1) is 30.1. The van der Waals surface area contributed by atoms with Crippen LogP contribution in [-0.2, 0) is 4.74 Å². The van der Waals surface area contributed by atoms with Gasteiger partial charge in [-0.2, -0.15) is 0 Å². The Balaban J connectivity index is 0.00000145. The summed E-state index contributed by atoms with van der Waals surface area (Å²) in [6.45, 7) is 18.9. The van der Waals surface area contributed by atoms with Gasteiger partial charge in [0.25, 0.3) is 5.91 Å². The summed E-state index contributed by atoms with van der Waals surface area (Å²) in [5.41, 5.74) is 3.19. The molecule has 1 aliphatic heterocycles. The zero-order valence-corrected chi connectivity index (χ0v) is 22.9. The van der Waals surface area contributed by atoms with E-state index in [1.165, 1.54) is 0 Å². The third-order valence-corrected chi connectivity index (χ3v) is 5.74. The fraction of sp³-hybridized carbons (Fsp3) is 0.536. The van der Waals surface area contributed by atoms with Crippen LogP contribution in [-0.4, -0.2) is 47.3 Å². The molecule has 7 heteroatoms. The van der Waals surface area contributed by atoms with Crippen LogP contribution in [0, 0.1) is 20.8 Å². The van der Waals surface area contributed by atoms with Crippen molar-refractivity contribution in [3.8, 4) is 0 Å². The van der Waals surface area contributed by atoms with Crippen LogP contribution in [0.5, 0.6) is 0 Å². The standard InChI is InChI=1S/C24H31N3O4.2C2H6/c1-6-31-23(29)18-13-16(3)20(17(4)14-18)26-22(28)21-15(2)7-8-19(25-21)27-11-9-24(5,30)10-12-27;2*1-2/h7-8,13-14,30H,6,9-12H2,1-5H3,(H,26,28);2*1-2H3. The van der Waals surface area contributed by atoms with Gasteiger partial charge < -0.3 is 20.1 Å². The number of carbonyl (C=O) groups is 2. The molecule has 1 aromatic carbocycles. The number of rotatable bonds is 5. The number of nitrogens with one attached hydrogen (secondary N) is 1. The van der Waals surface area contributed by atoms with E-state index in [9.17, 15) is 14.7 Å². The molecule has 0 aliphatic carbocycles. The van der Waals surface area contributed by atoms with Gasteiger partial charge in [-0.3, -0.25) is 4.79 Å². The first-order valence-corrected chi connectivity index (χ1v) is 12.7. The second-order valence-electron chi connectivity index (χ2n) is 8.48. The van der Waals surface area contributed by atoms with Crippen molar-refractivity contribution in [1.29, 1.82) is 0 Å². The Hall–Kier alpha value is -2.93. The number of benzene rings is 1. The largest absolute Gasteiger partial charge is 0.462 e. The molecule has 1 saturated heterocycles. The van der Waals surface area contributed by atoms with Crippen molar-refractivity contribution in [3.63, 3.8) is 0 Å². The fourth-order valence-electron chi connectivity index (χ4n) is 3.81. The molecule has 0 radical (unpaired) electrons. The van der Waals surface area contributed by atoms with E-state index in [0.29, 0.717) is 49.5 Å². The molecule has 1 amide bonds. The summed E-state index contributed by atoms with van der Waals surface area (Å²) in [5.74, 6) is 0.0630. The van der Waals surface area contributed by atoms with Gasteiger partial charge in [-0.05, 0) is 82.3 Å². The van der Waals surface area contributed by atoms with Crippen molar-refractivity contribution in [3.05, 3.63) is 52.2 Å². The number of pyridine rings is 1. The highest BCUT2D eigenvalue weighted by molar-refractivity contribution is 6.05. The second kappa shape index (κ2) is 13.8. The lowest BCUT2D eigenvalue weighted by Gasteiger charge is -2.36. The van der Waals surface area contributed by atoms with E-state index in [2.05, 4.69) is 15.2 Å². The van der Waals surface area contributed by atoms with Crippen LogP contribution in [0.25, 0.3) is 0 Å². The van der Waals surface area contributed by atoms with Crippen LogP contribution in [0.3, 0.4) is 0 Å². The molecule has 0 saturated carbocycles. The molecule has 2 heterocycles. The maximum absolute atomic E-state index is 13.1. The molecule has 0 spiro atoms. The molecule has 0 atom stereocenters. The minimum absolute atomic E-state index is 0.293. The number of nitrogens with zero attached hydrogens (tertiary/aromatic N) is 2. The molecule has 1 aromatic heterocycles. The van der Waals surface area contributed by atoms with Gasteiger partial charge in [0, 0.05) is 18.8 Å². The Labute approximate surface area is 210 Å². The highest BCUT2D eigenvalue weighted by Crippen LogP contribution is 2.27. The minimum Gasteiger partial charge on any atom is -0.462 e. The molecular formula is C28H43N3O4. The Bertz CT molecular complexity index is 969. The highest BCUT2D eigenvalue weighted by atomic mass is 16.5. The Morgan fingerprint density at radius 1 is 1.03 bits per heavy atom. The van der Waals surface area contributed by atoms with Crippen molar-refractivity contribution >= 4 is 23.4 Å². The number of anilines is 2. The van der Waals surface area contributed by atoms with Crippen LogP contribution < -0.4 is 10.2 Å². The zero-order chi connectivity index (χ0) is 26.8. The normalized spacial score (nSPS) is 14.1. The van der Waals surface area contributed by atoms with Crippen molar-refractivity contribution < 1.29 is 19.4 Å². The second-order valence-corrected chi connectivity index (χ2v) is 8.48. The van der Waals surface area contributed by atoms with Crippen LogP contribution in [0.4, 0.5) is 11.5 Å². The minimum atomic E-state index is -0.647. The molecular weight excluding hydrogens is 442 g/mol. The van der Waals surface area contributed by atoms with Crippen molar-refractivity contribution in [2.24, 2.45) is 0 Å². The highest BCUT2D eigenvalue weighted by Gasteiger charge is 2.28. The monoisotopic (exact) mass is 485 g/mol. The molecule has 1 fully saturated rings. The molecule has 0 unspecified atom stereocenters. The quantitative estimate of drug-likeness (QED) is 0.517. The topological polar surface area (TPSA) is 91.8 Å². The average molecular weight is 486 g/mol. The van der Waals surface area contributed by atoms with E-state index in [4.69, 9.17) is 4.74 Å². The summed E-state index contributed by atoms with van der Waals surface area (Å²) in [4.78, 5) is 31.8. The van der Waals surface area contributed by atoms with Gasteiger partial charge in [-0.25, -0.2) is 9.78 Å². The first-order valence-electron chi connectivity index (χ1n) is 12.7. The summed E-state index contributed by atoms with van der Waals surface area (Å²) in [6.07, 6.45) is 1.32. The van der Waals surface area contributed by atoms with E-state index >= 15 is 0 Å². The van der Waals surface area contributed by atoms with Gasteiger partial charge >= 0.3 is 5.97 Å². The third kappa shape index (κ3) is 8.06. The van der Waals surface area contributed by atoms with Crippen LogP contribution in [0.2, 0.25) is 0 Å². The molecule has 0 bridgehead atoms. The SMILES string of the molecule is CC.CC.CCOC(=O)c1cc(C)c(NC(=O)c2nc(N3CCC(C)(O)CC3)ccc2C)c(C)c1. The summed E-state index contributed by atoms with van der Waals surface area (Å²) in [6, 6.07) is 7.25. The first-order chi connectivity index (χ1) is 16.6. The fourth-order valence-corrected chi connectivity index (χ4v) is 3.81. The molecule has 1 aliphatic rings. The number of aliphatic hydroxyl groups is 1. The third-order valence-electron chi connectivity index (χ3n) is 5.74. The zero-order valence-electron chi connectivity index (χ0n) is 22.9. The summed E-state index contributed by atoms with van der Waals surface area (Å²) in [5, 5.41) is 13.2. The Kier molecular flexibility index (Phi) is 11.9. The van der Waals surface area contributed by atoms with Gasteiger partial charge in [-0.15, -0.1) is 0 Å². The van der Waals surface area contributed by atoms with Crippen LogP contribution in [0.1, 0.15) is 91.9 Å². The smallest absolute Gasteiger partial charge is 0.338 e. The lowest BCUT2D eigenvalue weighted by molar-refractivity contribution is 0.0349. The summed E-state index contributed by atoms with van der Waals surface area (Å²) < 4.78 is 5.07. The maximum atomic E-state index is 13.1. The molecule has 7 nitrogen and oxygen atoms in total. The molecule has 2 N–H and O–H groups in total. The number of aromatic nitrogens is 1. The van der Waals surface area contributed by atoms with Gasteiger partial charge in [0.15, 0.2) is 0 Å². The van der Waals surface area contributed by atoms with E-state index < -0.39 is 5.60 Å². The summed E-state index contributed by atoms with van der Waals surface area (Å²) >= 11 is 0. The van der Waals surface area contributed by atoms with E-state index in [1.807, 2.05) is 67.5 Å². The van der Waals surface area contributed by atoms with Crippen LogP contribution in [0.15, 0.2) is 24.3 Å². The van der Waals surface area contributed by atoms with Gasteiger partial charge in [0.2, 0.25) is 0 Å². The average Bonchev–Trinajstić information content (AvgIpc) is 2.84. The van der Waals surface area contributed by atoms with Crippen molar-refractivity contribution in [2.45, 2.75) is 80.8 Å². The number of carbonyl (C=O) groups excluding carboxylic acids is 2. The van der Waals surface area contributed by atoms with E-state index in [1.54, 1.807) is 19.1 Å². The Morgan fingerprint density at radius 3 is 2.09 bits per heavy atom. The summed E-state index contributed by atoms with van der Waals surface area (Å²) in [7, 11) is 0. The lowest BCUT2D eigenvalue weighted by Crippen LogP contribution is -2.42. The van der Waals surface area contributed by atoms with Gasteiger partial charge in [0.1, 0.15) is 11.5 Å². The number of hydrogen-bond donors (Lipinski definition) is 2. The van der Waals surface area contributed by atoms with E-state index in [0.717, 1.165) is 22.5 Å². The van der Waals surface area contributed by atoms with E-state index in [-0.39, 0.29) is 11.9 Å². The van der Waals surface area contributed by atoms with Crippen molar-refractivity contribution in [2.75, 3.05) is 29.9 Å². The van der Waals surface area contributed by atoms with Gasteiger partial charge in [0.05, 0.1) is 17.8 Å². The lowest BCUT2D eigenvalue weighted by atomic mass is 9.94. The molecule has 2 aromatic rings. The predicted molar refractivity (Wildman–Crippen MR) is 144 cm³/mol. The molecule has 35 heavy (non-hydrogen) atoms. The van der Waals surface area contributed by atoms with Crippen LogP contribution >= 0.6 is 0 Å². The Morgan fingerprint density at radius 2 is 1.57 bits per heavy atom. The van der Waals surface area contributed by atoms with Crippen molar-refractivity contribution in [1.82, 2.24) is 4.98 Å². The molecule has 194 valence electrons. The number of amides is 1. The number of aryl methyl sites for hydroxylation is 3. The maximum Gasteiger partial charge on any atom is 0.338 e. The number of hydrogen-bond acceptors (Lipinski definition) is 6. The number of piperidine rings is 1. The van der Waals surface area contributed by atoms with Gasteiger partial charge in [-0.1, -0.05) is 33.8 Å². The predicted octanol–water partition coefficient (Wildman–Crippen LogP) is 5.84.